The summed E-state index contributed by atoms with van der Waals surface area (Å²) in [5.41, 5.74) is 1.66. The zero-order chi connectivity index (χ0) is 15.3. The van der Waals surface area contributed by atoms with Gasteiger partial charge in [0.2, 0.25) is 0 Å². The molecule has 118 valence electrons. The maximum Gasteiger partial charge on any atom is 0.0187 e. The second kappa shape index (κ2) is 7.45. The lowest BCUT2D eigenvalue weighted by molar-refractivity contribution is 0.169. The Hall–Kier alpha value is -0.820. The van der Waals surface area contributed by atoms with Crippen LogP contribution in [0.5, 0.6) is 0 Å². The summed E-state index contributed by atoms with van der Waals surface area (Å²) in [6.07, 6.45) is 6.81. The fraction of sp³-hybridized carbons (Fsp3) is 0.700. The van der Waals surface area contributed by atoms with E-state index in [9.17, 15) is 0 Å². The average Bonchev–Trinajstić information content (AvgIpc) is 2.48. The van der Waals surface area contributed by atoms with E-state index in [0.29, 0.717) is 6.04 Å². The molecular weight excluding hydrogens is 254 g/mol. The number of benzene rings is 1. The molecule has 0 amide bonds. The minimum absolute atomic E-state index is 0.193. The molecule has 1 heteroatoms. The molecule has 21 heavy (non-hydrogen) atoms. The molecule has 1 nitrogen and oxygen atoms in total. The topological polar surface area (TPSA) is 12.0 Å². The van der Waals surface area contributed by atoms with Gasteiger partial charge in [-0.3, -0.25) is 0 Å². The van der Waals surface area contributed by atoms with Gasteiger partial charge in [-0.25, -0.2) is 0 Å². The summed E-state index contributed by atoms with van der Waals surface area (Å²) < 4.78 is 0. The zero-order valence-electron chi connectivity index (χ0n) is 14.4. The van der Waals surface area contributed by atoms with E-state index in [-0.39, 0.29) is 5.41 Å². The Morgan fingerprint density at radius 1 is 1.19 bits per heavy atom. The van der Waals surface area contributed by atoms with Crippen LogP contribution >= 0.6 is 0 Å². The van der Waals surface area contributed by atoms with Gasteiger partial charge in [-0.05, 0) is 43.2 Å². The van der Waals surface area contributed by atoms with Crippen molar-refractivity contribution in [3.63, 3.8) is 0 Å². The van der Waals surface area contributed by atoms with Crippen molar-refractivity contribution in [2.45, 2.75) is 71.3 Å². The summed E-state index contributed by atoms with van der Waals surface area (Å²) >= 11 is 0. The summed E-state index contributed by atoms with van der Waals surface area (Å²) in [4.78, 5) is 0. The van der Waals surface area contributed by atoms with Gasteiger partial charge in [-0.1, -0.05) is 70.9 Å². The molecule has 0 heterocycles. The average molecular weight is 287 g/mol. The maximum absolute atomic E-state index is 3.90. The summed E-state index contributed by atoms with van der Waals surface area (Å²) in [5, 5.41) is 3.90. The van der Waals surface area contributed by atoms with Crippen molar-refractivity contribution in [2.24, 2.45) is 11.8 Å². The van der Waals surface area contributed by atoms with E-state index >= 15 is 0 Å². The third-order valence-corrected chi connectivity index (χ3v) is 5.36. The first-order valence-electron chi connectivity index (χ1n) is 8.84. The molecule has 3 atom stereocenters. The normalized spacial score (nSPS) is 24.8. The second-order valence-corrected chi connectivity index (χ2v) is 7.55. The monoisotopic (exact) mass is 287 g/mol. The van der Waals surface area contributed by atoms with Crippen LogP contribution < -0.4 is 5.32 Å². The van der Waals surface area contributed by atoms with Crippen LogP contribution in [0.25, 0.3) is 0 Å². The van der Waals surface area contributed by atoms with Crippen LogP contribution in [0.2, 0.25) is 0 Å². The van der Waals surface area contributed by atoms with Crippen molar-refractivity contribution in [1.82, 2.24) is 5.32 Å². The summed E-state index contributed by atoms with van der Waals surface area (Å²) in [6, 6.07) is 11.7. The van der Waals surface area contributed by atoms with E-state index in [1.807, 2.05) is 0 Å². The lowest BCUT2D eigenvalue weighted by atomic mass is 9.67. The highest BCUT2D eigenvalue weighted by molar-refractivity contribution is 5.26. The van der Waals surface area contributed by atoms with Crippen LogP contribution in [0.1, 0.15) is 65.4 Å². The molecule has 0 radical (unpaired) electrons. The molecule has 0 spiro atoms. The van der Waals surface area contributed by atoms with Gasteiger partial charge in [0.25, 0.3) is 0 Å². The van der Waals surface area contributed by atoms with E-state index in [2.05, 4.69) is 63.3 Å². The van der Waals surface area contributed by atoms with Crippen molar-refractivity contribution >= 4 is 0 Å². The lowest BCUT2D eigenvalue weighted by Crippen LogP contribution is -2.51. The molecule has 1 aliphatic rings. The Bertz CT molecular complexity index is 409. The molecule has 3 unspecified atom stereocenters. The van der Waals surface area contributed by atoms with Crippen molar-refractivity contribution in [3.05, 3.63) is 35.9 Å². The molecule has 0 aromatic heterocycles. The number of hydrogen-bond donors (Lipinski definition) is 1. The van der Waals surface area contributed by atoms with Crippen molar-refractivity contribution < 1.29 is 0 Å². The minimum atomic E-state index is 0.193. The van der Waals surface area contributed by atoms with E-state index in [1.54, 1.807) is 0 Å². The van der Waals surface area contributed by atoms with Crippen LogP contribution in [0.3, 0.4) is 0 Å². The van der Waals surface area contributed by atoms with Crippen LogP contribution in [-0.4, -0.2) is 12.6 Å². The van der Waals surface area contributed by atoms with E-state index in [4.69, 9.17) is 0 Å². The highest BCUT2D eigenvalue weighted by Crippen LogP contribution is 2.39. The molecule has 0 aliphatic heterocycles. The fourth-order valence-electron chi connectivity index (χ4n) is 4.14. The fourth-order valence-corrected chi connectivity index (χ4v) is 4.14. The predicted molar refractivity (Wildman–Crippen MR) is 92.7 cm³/mol. The molecular formula is C20H33N. The van der Waals surface area contributed by atoms with Gasteiger partial charge >= 0.3 is 0 Å². The Kier molecular flexibility index (Phi) is 5.87. The number of rotatable bonds is 6. The van der Waals surface area contributed by atoms with Gasteiger partial charge in [0.1, 0.15) is 0 Å². The van der Waals surface area contributed by atoms with E-state index in [0.717, 1.165) is 18.4 Å². The van der Waals surface area contributed by atoms with Gasteiger partial charge < -0.3 is 5.32 Å². The SMILES string of the molecule is CCCNC(C1CCCC(C)C1)C(C)(C)c1ccccc1. The van der Waals surface area contributed by atoms with Crippen molar-refractivity contribution in [3.8, 4) is 0 Å². The van der Waals surface area contributed by atoms with E-state index in [1.165, 1.54) is 37.7 Å². The molecule has 1 aromatic rings. The van der Waals surface area contributed by atoms with Crippen LogP contribution in [0.4, 0.5) is 0 Å². The third kappa shape index (κ3) is 4.10. The number of hydrogen-bond acceptors (Lipinski definition) is 1. The smallest absolute Gasteiger partial charge is 0.0187 e. The van der Waals surface area contributed by atoms with Gasteiger partial charge in [-0.2, -0.15) is 0 Å². The summed E-state index contributed by atoms with van der Waals surface area (Å²) in [7, 11) is 0. The number of nitrogens with one attached hydrogen (secondary N) is 1. The van der Waals surface area contributed by atoms with Crippen molar-refractivity contribution in [2.75, 3.05) is 6.54 Å². The quantitative estimate of drug-likeness (QED) is 0.762. The third-order valence-electron chi connectivity index (χ3n) is 5.36. The Labute approximate surface area is 131 Å². The first-order valence-corrected chi connectivity index (χ1v) is 8.84. The van der Waals surface area contributed by atoms with Gasteiger partial charge in [0.15, 0.2) is 0 Å². The predicted octanol–water partition coefficient (Wildman–Crippen LogP) is 5.16. The maximum atomic E-state index is 3.90. The summed E-state index contributed by atoms with van der Waals surface area (Å²) in [5.74, 6) is 1.71. The molecule has 0 bridgehead atoms. The van der Waals surface area contributed by atoms with Crippen LogP contribution in [0.15, 0.2) is 30.3 Å². The first-order chi connectivity index (χ1) is 10.1. The minimum Gasteiger partial charge on any atom is -0.313 e. The molecule has 1 saturated carbocycles. The largest absolute Gasteiger partial charge is 0.313 e. The Morgan fingerprint density at radius 3 is 2.52 bits per heavy atom. The molecule has 1 aliphatic carbocycles. The van der Waals surface area contributed by atoms with Crippen LogP contribution in [-0.2, 0) is 5.41 Å². The van der Waals surface area contributed by atoms with Gasteiger partial charge in [0.05, 0.1) is 0 Å². The van der Waals surface area contributed by atoms with Gasteiger partial charge in [0, 0.05) is 11.5 Å². The Balaban J connectivity index is 2.21. The Morgan fingerprint density at radius 2 is 1.90 bits per heavy atom. The van der Waals surface area contributed by atoms with Gasteiger partial charge in [-0.15, -0.1) is 0 Å². The first kappa shape index (κ1) is 16.5. The second-order valence-electron chi connectivity index (χ2n) is 7.55. The molecule has 1 N–H and O–H groups in total. The lowest BCUT2D eigenvalue weighted by Gasteiger charge is -2.43. The van der Waals surface area contributed by atoms with Crippen LogP contribution in [0, 0.1) is 11.8 Å². The molecule has 1 fully saturated rings. The molecule has 0 saturated heterocycles. The zero-order valence-corrected chi connectivity index (χ0v) is 14.4. The highest BCUT2D eigenvalue weighted by Gasteiger charge is 2.37. The highest BCUT2D eigenvalue weighted by atomic mass is 14.9. The molecule has 2 rings (SSSR count). The standard InChI is InChI=1S/C20H33N/c1-5-14-21-19(17-11-9-10-16(2)15-17)20(3,4)18-12-7-6-8-13-18/h6-8,12-13,16-17,19,21H,5,9-11,14-15H2,1-4H3. The summed E-state index contributed by atoms with van der Waals surface area (Å²) in [6.45, 7) is 10.7. The van der Waals surface area contributed by atoms with Crippen molar-refractivity contribution in [1.29, 1.82) is 0 Å². The molecule has 1 aromatic carbocycles. The van der Waals surface area contributed by atoms with E-state index < -0.39 is 0 Å².